The average molecular weight is 444 g/mol. The second-order valence-corrected chi connectivity index (χ2v) is 6.55. The van der Waals surface area contributed by atoms with Crippen LogP contribution in [-0.4, -0.2) is 29.9 Å². The Labute approximate surface area is 162 Å². The van der Waals surface area contributed by atoms with Crippen molar-refractivity contribution in [3.63, 3.8) is 0 Å². The zero-order chi connectivity index (χ0) is 16.7. The lowest BCUT2D eigenvalue weighted by molar-refractivity contribution is -0.128. The van der Waals surface area contributed by atoms with Crippen LogP contribution in [0.1, 0.15) is 44.2 Å². The Kier molecular flexibility index (Phi) is 9.10. The Morgan fingerprint density at radius 1 is 1.38 bits per heavy atom. The summed E-state index contributed by atoms with van der Waals surface area (Å²) >= 11 is 0. The number of nitrogens with two attached hydrogens (primary N) is 1. The number of guanidine groups is 1. The Hall–Kier alpha value is -1.31. The lowest BCUT2D eigenvalue weighted by Crippen LogP contribution is -2.32. The molecule has 3 N–H and O–H groups in total. The molecule has 1 amide bonds. The molecule has 0 atom stereocenters. The van der Waals surface area contributed by atoms with E-state index in [2.05, 4.69) is 36.3 Å². The standard InChI is InChI=1S/C18H28N4O.HI/c1-14(2)8-9-20-18(19)21-12-15-5-3-6-16(11-15)13-22-10-4-7-17(22)23;/h3,5-6,11,14H,4,7-10,12-13H2,1-2H3,(H3,19,20,21);1H. The smallest absolute Gasteiger partial charge is 0.222 e. The maximum atomic E-state index is 11.7. The molecule has 134 valence electrons. The molecule has 0 spiro atoms. The van der Waals surface area contributed by atoms with Crippen LogP contribution in [0.3, 0.4) is 0 Å². The molecule has 0 bridgehead atoms. The molecule has 2 rings (SSSR count). The molecule has 1 fully saturated rings. The number of carbonyl (C=O) groups excluding carboxylic acids is 1. The number of halogens is 1. The first-order chi connectivity index (χ1) is 11.0. The van der Waals surface area contributed by atoms with Gasteiger partial charge in [-0.05, 0) is 29.9 Å². The van der Waals surface area contributed by atoms with E-state index in [0.717, 1.165) is 37.1 Å². The lowest BCUT2D eigenvalue weighted by atomic mass is 10.1. The van der Waals surface area contributed by atoms with Crippen LogP contribution in [0, 0.1) is 5.92 Å². The zero-order valence-electron chi connectivity index (χ0n) is 14.6. The molecule has 1 heterocycles. The Balaban J connectivity index is 0.00000288. The predicted molar refractivity (Wildman–Crippen MR) is 109 cm³/mol. The molecule has 0 unspecified atom stereocenters. The van der Waals surface area contributed by atoms with E-state index in [0.29, 0.717) is 31.4 Å². The van der Waals surface area contributed by atoms with Gasteiger partial charge in [0.25, 0.3) is 0 Å². The van der Waals surface area contributed by atoms with E-state index >= 15 is 0 Å². The van der Waals surface area contributed by atoms with Crippen LogP contribution in [0.5, 0.6) is 0 Å². The second-order valence-electron chi connectivity index (χ2n) is 6.55. The summed E-state index contributed by atoms with van der Waals surface area (Å²) in [5.41, 5.74) is 8.15. The maximum Gasteiger partial charge on any atom is 0.222 e. The fourth-order valence-corrected chi connectivity index (χ4v) is 2.64. The van der Waals surface area contributed by atoms with Crippen LogP contribution >= 0.6 is 24.0 Å². The highest BCUT2D eigenvalue weighted by atomic mass is 127. The minimum absolute atomic E-state index is 0. The molecule has 0 aromatic heterocycles. The van der Waals surface area contributed by atoms with Gasteiger partial charge in [-0.1, -0.05) is 38.1 Å². The van der Waals surface area contributed by atoms with Crippen LogP contribution in [0.15, 0.2) is 29.3 Å². The summed E-state index contributed by atoms with van der Waals surface area (Å²) in [5, 5.41) is 3.14. The lowest BCUT2D eigenvalue weighted by Gasteiger charge is -2.15. The topological polar surface area (TPSA) is 70.7 Å². The van der Waals surface area contributed by atoms with Gasteiger partial charge in [0.15, 0.2) is 5.96 Å². The van der Waals surface area contributed by atoms with E-state index in [1.807, 2.05) is 17.0 Å². The highest BCUT2D eigenvalue weighted by Crippen LogP contribution is 2.15. The summed E-state index contributed by atoms with van der Waals surface area (Å²) in [5.74, 6) is 1.40. The van der Waals surface area contributed by atoms with E-state index in [1.165, 1.54) is 0 Å². The minimum atomic E-state index is 0. The number of nitrogens with one attached hydrogen (secondary N) is 1. The summed E-state index contributed by atoms with van der Waals surface area (Å²) in [6.45, 7) is 7.34. The summed E-state index contributed by atoms with van der Waals surface area (Å²) in [6.07, 6.45) is 2.74. The van der Waals surface area contributed by atoms with Crippen LogP contribution in [0.25, 0.3) is 0 Å². The third kappa shape index (κ3) is 7.07. The number of nitrogens with zero attached hydrogens (tertiary/aromatic N) is 2. The van der Waals surface area contributed by atoms with Crippen molar-refractivity contribution < 1.29 is 4.79 Å². The molecule has 0 radical (unpaired) electrons. The SMILES string of the molecule is CC(C)CCNC(N)=NCc1cccc(CN2CCCC2=O)c1.I. The van der Waals surface area contributed by atoms with E-state index < -0.39 is 0 Å². The van der Waals surface area contributed by atoms with Crippen LogP contribution < -0.4 is 11.1 Å². The van der Waals surface area contributed by atoms with Gasteiger partial charge < -0.3 is 16.0 Å². The van der Waals surface area contributed by atoms with E-state index in [4.69, 9.17) is 5.73 Å². The van der Waals surface area contributed by atoms with Crippen molar-refractivity contribution in [2.24, 2.45) is 16.6 Å². The van der Waals surface area contributed by atoms with Crippen molar-refractivity contribution in [2.45, 2.75) is 46.2 Å². The first-order valence-electron chi connectivity index (χ1n) is 8.44. The van der Waals surface area contributed by atoms with Gasteiger partial charge in [0.1, 0.15) is 0 Å². The number of amides is 1. The van der Waals surface area contributed by atoms with Crippen molar-refractivity contribution in [1.29, 1.82) is 0 Å². The molecule has 1 aromatic carbocycles. The maximum absolute atomic E-state index is 11.7. The van der Waals surface area contributed by atoms with Gasteiger partial charge in [-0.3, -0.25) is 4.79 Å². The fourth-order valence-electron chi connectivity index (χ4n) is 2.64. The second kappa shape index (κ2) is 10.5. The number of carbonyl (C=O) groups is 1. The van der Waals surface area contributed by atoms with Gasteiger partial charge in [-0.25, -0.2) is 4.99 Å². The number of hydrogen-bond acceptors (Lipinski definition) is 2. The van der Waals surface area contributed by atoms with Crippen molar-refractivity contribution in [1.82, 2.24) is 10.2 Å². The van der Waals surface area contributed by atoms with Crippen LogP contribution in [0.2, 0.25) is 0 Å². The highest BCUT2D eigenvalue weighted by molar-refractivity contribution is 14.0. The molecular weight excluding hydrogens is 415 g/mol. The Morgan fingerprint density at radius 2 is 2.12 bits per heavy atom. The van der Waals surface area contributed by atoms with Gasteiger partial charge in [0.05, 0.1) is 6.54 Å². The zero-order valence-corrected chi connectivity index (χ0v) is 17.0. The summed E-state index contributed by atoms with van der Waals surface area (Å²) < 4.78 is 0. The summed E-state index contributed by atoms with van der Waals surface area (Å²) in [6, 6.07) is 8.23. The van der Waals surface area contributed by atoms with Crippen molar-refractivity contribution in [2.75, 3.05) is 13.1 Å². The first-order valence-corrected chi connectivity index (χ1v) is 8.44. The van der Waals surface area contributed by atoms with E-state index in [-0.39, 0.29) is 29.9 Å². The number of benzene rings is 1. The van der Waals surface area contributed by atoms with Gasteiger partial charge in [-0.2, -0.15) is 0 Å². The van der Waals surface area contributed by atoms with Gasteiger partial charge >= 0.3 is 0 Å². The number of aliphatic imine (C=N–C) groups is 1. The van der Waals surface area contributed by atoms with Crippen molar-refractivity contribution >= 4 is 35.8 Å². The third-order valence-electron chi connectivity index (χ3n) is 4.00. The number of hydrogen-bond donors (Lipinski definition) is 2. The molecule has 5 nitrogen and oxygen atoms in total. The molecule has 1 saturated heterocycles. The largest absolute Gasteiger partial charge is 0.370 e. The van der Waals surface area contributed by atoms with Crippen LogP contribution in [-0.2, 0) is 17.9 Å². The Morgan fingerprint density at radius 3 is 2.79 bits per heavy atom. The third-order valence-corrected chi connectivity index (χ3v) is 4.00. The minimum Gasteiger partial charge on any atom is -0.370 e. The predicted octanol–water partition coefficient (Wildman–Crippen LogP) is 2.88. The van der Waals surface area contributed by atoms with Gasteiger partial charge in [0.2, 0.25) is 5.91 Å². The molecular formula is C18H29IN4O. The summed E-state index contributed by atoms with van der Waals surface area (Å²) in [7, 11) is 0. The average Bonchev–Trinajstić information content (AvgIpc) is 2.90. The first kappa shape index (κ1) is 20.7. The molecule has 1 aliphatic heterocycles. The van der Waals surface area contributed by atoms with E-state index in [9.17, 15) is 4.79 Å². The fraction of sp³-hybridized carbons (Fsp3) is 0.556. The monoisotopic (exact) mass is 444 g/mol. The van der Waals surface area contributed by atoms with Gasteiger partial charge in [0, 0.05) is 26.1 Å². The number of likely N-dealkylation sites (tertiary alicyclic amines) is 1. The number of rotatable bonds is 7. The normalized spacial score (nSPS) is 14.9. The van der Waals surface area contributed by atoms with E-state index in [1.54, 1.807) is 0 Å². The van der Waals surface area contributed by atoms with Crippen molar-refractivity contribution in [3.8, 4) is 0 Å². The van der Waals surface area contributed by atoms with Gasteiger partial charge in [-0.15, -0.1) is 24.0 Å². The molecule has 0 saturated carbocycles. The highest BCUT2D eigenvalue weighted by Gasteiger charge is 2.19. The quantitative estimate of drug-likeness (QED) is 0.386. The Bertz CT molecular complexity index is 560. The molecule has 24 heavy (non-hydrogen) atoms. The molecule has 1 aliphatic rings. The van der Waals surface area contributed by atoms with Crippen LogP contribution in [0.4, 0.5) is 0 Å². The van der Waals surface area contributed by atoms with Crippen molar-refractivity contribution in [3.05, 3.63) is 35.4 Å². The summed E-state index contributed by atoms with van der Waals surface area (Å²) in [4.78, 5) is 18.0. The molecule has 1 aromatic rings. The molecule has 6 heteroatoms. The molecule has 0 aliphatic carbocycles.